The molecule has 1 N–H and O–H groups in total. The molecule has 0 aliphatic rings. The molecule has 0 aliphatic carbocycles. The topological polar surface area (TPSA) is 20.2 Å². The van der Waals surface area contributed by atoms with Crippen LogP contribution in [-0.4, -0.2) is 13.1 Å². The van der Waals surface area contributed by atoms with E-state index in [4.69, 9.17) is 1.43 Å². The van der Waals surface area contributed by atoms with Crippen molar-refractivity contribution in [2.75, 3.05) is 6.61 Å². The van der Waals surface area contributed by atoms with Gasteiger partial charge >= 0.3 is 0 Å². The molecule has 0 fully saturated rings. The Labute approximate surface area is 27.8 Å². The second-order valence-electron chi connectivity index (χ2n) is 0.704. The highest BCUT2D eigenvalue weighted by molar-refractivity contribution is 4.10. The van der Waals surface area contributed by atoms with Crippen LogP contribution in [0.15, 0.2) is 0 Å². The van der Waals surface area contributed by atoms with Crippen molar-refractivity contribution in [3.63, 3.8) is 0 Å². The van der Waals surface area contributed by atoms with E-state index in [1.54, 1.807) is 0 Å². The molecule has 0 bridgehead atoms. The van der Waals surface area contributed by atoms with Gasteiger partial charge in [0.2, 0.25) is 1.43 Å². The molecule has 0 aromatic carbocycles. The third-order valence-corrected chi connectivity index (χ3v) is 0.204. The van der Waals surface area contributed by atoms with Gasteiger partial charge in [0.25, 0.3) is 0 Å². The number of aliphatic hydroxyl groups is 1. The number of hydrogen-bond donors (Lipinski definition) is 1. The van der Waals surface area contributed by atoms with E-state index in [0.717, 1.165) is 6.42 Å². The summed E-state index contributed by atoms with van der Waals surface area (Å²) in [5.74, 6) is 0. The van der Waals surface area contributed by atoms with E-state index in [1.807, 2.05) is 6.92 Å². The maximum atomic E-state index is 6.10. The van der Waals surface area contributed by atoms with E-state index in [-0.39, 0.29) is 0 Å². The highest BCUT2D eigenvalue weighted by Crippen LogP contribution is 1.61. The zero-order valence-corrected chi connectivity index (χ0v) is 2.82. The molecule has 0 saturated heterocycles. The molecule has 0 amide bonds. The molecule has 0 spiro atoms. The highest BCUT2D eigenvalue weighted by Gasteiger charge is 1.57. The Morgan fingerprint density at radius 3 is 3.00 bits per heavy atom. The normalized spacial score (nSPS) is 10.8. The highest BCUT2D eigenvalue weighted by atomic mass is 16.2. The molecule has 1 heteroatoms. The molecule has 0 rings (SSSR count). The molecule has 0 aromatic heterocycles. The predicted molar refractivity (Wildman–Crippen MR) is 17.4 cm³/mol. The Morgan fingerprint density at radius 2 is 3.00 bits per heavy atom. The second kappa shape index (κ2) is 2.96. The van der Waals surface area contributed by atoms with Gasteiger partial charge in [-0.1, -0.05) is 6.92 Å². The molecule has 0 saturated carbocycles. The molecule has 0 unspecified atom stereocenters. The summed E-state index contributed by atoms with van der Waals surface area (Å²) in [6.07, 6.45) is 0.934. The van der Waals surface area contributed by atoms with Crippen molar-refractivity contribution in [2.45, 2.75) is 13.3 Å². The van der Waals surface area contributed by atoms with Crippen LogP contribution < -0.4 is 0 Å². The van der Waals surface area contributed by atoms with Crippen LogP contribution in [0.4, 0.5) is 0 Å². The van der Waals surface area contributed by atoms with Gasteiger partial charge in [-0.15, -0.1) is 0 Å². The minimum Gasteiger partial charge on any atom is -0.396 e. The summed E-state index contributed by atoms with van der Waals surface area (Å²) in [5.41, 5.74) is 0. The van der Waals surface area contributed by atoms with E-state index in [2.05, 4.69) is 5.11 Å². The first kappa shape index (κ1) is 2.21. The average Bonchev–Trinajstić information content (AvgIpc) is 1.41. The first-order chi connectivity index (χ1) is 2.41. The fraction of sp³-hybridized carbons (Fsp3) is 1.00. The number of rotatable bonds is 2. The molecule has 0 aromatic rings. The van der Waals surface area contributed by atoms with E-state index in [1.165, 1.54) is 0 Å². The first-order valence-electron chi connectivity index (χ1n) is 1.90. The molecule has 1 nitrogen and oxygen atoms in total. The molecular weight excluding hydrogens is 52.0 g/mol. The van der Waals surface area contributed by atoms with Crippen LogP contribution in [0.1, 0.15) is 13.3 Å². The lowest BCUT2D eigenvalue weighted by Crippen LogP contribution is -1.69. The molecular formula is C3H8O. The van der Waals surface area contributed by atoms with Gasteiger partial charge in [-0.2, -0.15) is 0 Å². The lowest BCUT2D eigenvalue weighted by atomic mass is 10.5. The van der Waals surface area contributed by atoms with Crippen molar-refractivity contribution in [2.24, 2.45) is 0 Å². The van der Waals surface area contributed by atoms with Crippen molar-refractivity contribution in [3.05, 3.63) is 0 Å². The van der Waals surface area contributed by atoms with Gasteiger partial charge in [-0.05, 0) is 6.42 Å². The lowest BCUT2D eigenvalue weighted by Gasteiger charge is -1.69. The summed E-state index contributed by atoms with van der Waals surface area (Å²) in [5, 5.41) is 3.94. The minimum atomic E-state index is 0.556. The number of hydrogen-bond acceptors (Lipinski definition) is 1. The Kier molecular flexibility index (Phi) is 1.64. The molecule has 4 heavy (non-hydrogen) atoms. The summed E-state index contributed by atoms with van der Waals surface area (Å²) in [7, 11) is 0. The van der Waals surface area contributed by atoms with Crippen molar-refractivity contribution < 1.29 is 5.11 Å². The number of aliphatic hydroxyl groups excluding tert-OH is 1. The summed E-state index contributed by atoms with van der Waals surface area (Å²) in [6.45, 7) is 2.52. The van der Waals surface area contributed by atoms with Gasteiger partial charge in [0.15, 0.2) is 0 Å². The standard InChI is InChI=1S/C3H8O/c1-2-3-4/h4H,2-3H2,1H3/i4T. The molecule has 0 radical (unpaired) electrons. The Morgan fingerprint density at radius 1 is 2.25 bits per heavy atom. The minimum absolute atomic E-state index is 0.556. The summed E-state index contributed by atoms with van der Waals surface area (Å²) in [4.78, 5) is 0. The Bertz CT molecular complexity index is 14.4. The van der Waals surface area contributed by atoms with Crippen LogP contribution in [0, 0.1) is 0 Å². The molecule has 0 atom stereocenters. The van der Waals surface area contributed by atoms with E-state index in [9.17, 15) is 0 Å². The van der Waals surface area contributed by atoms with Crippen LogP contribution in [0.3, 0.4) is 0 Å². The summed E-state index contributed by atoms with van der Waals surface area (Å²) < 4.78 is 6.10. The molecule has 0 aliphatic heterocycles. The summed E-state index contributed by atoms with van der Waals surface area (Å²) >= 11 is 0. The van der Waals surface area contributed by atoms with Crippen molar-refractivity contribution >= 4 is 0 Å². The second-order valence-corrected chi connectivity index (χ2v) is 0.704. The lowest BCUT2D eigenvalue weighted by molar-refractivity contribution is 0.295. The Balaban J connectivity index is 2.19. The maximum Gasteiger partial charge on any atom is 0.210 e. The zero-order valence-electron chi connectivity index (χ0n) is 3.82. The van der Waals surface area contributed by atoms with Gasteiger partial charge in [0.05, 0.1) is 0 Å². The van der Waals surface area contributed by atoms with E-state index in [0.29, 0.717) is 6.61 Å². The quantitative estimate of drug-likeness (QED) is 0.490. The van der Waals surface area contributed by atoms with Gasteiger partial charge in [0.1, 0.15) is 0 Å². The van der Waals surface area contributed by atoms with Crippen molar-refractivity contribution in [1.29, 1.82) is 1.43 Å². The molecule has 26 valence electrons. The van der Waals surface area contributed by atoms with Crippen molar-refractivity contribution in [1.82, 2.24) is 0 Å². The fourth-order valence-electron chi connectivity index (χ4n) is 0. The Hall–Kier alpha value is -0.0400. The monoisotopic (exact) mass is 62.1 g/mol. The van der Waals surface area contributed by atoms with Crippen LogP contribution in [0.2, 0.25) is 0 Å². The van der Waals surface area contributed by atoms with Gasteiger partial charge in [0, 0.05) is 6.61 Å². The molecule has 0 heterocycles. The maximum absolute atomic E-state index is 6.10. The first-order valence-corrected chi connectivity index (χ1v) is 1.50. The van der Waals surface area contributed by atoms with Crippen molar-refractivity contribution in [3.8, 4) is 0 Å². The van der Waals surface area contributed by atoms with Crippen LogP contribution in [0.5, 0.6) is 0 Å². The largest absolute Gasteiger partial charge is 0.396 e. The van der Waals surface area contributed by atoms with Gasteiger partial charge in [-0.25, -0.2) is 0 Å². The van der Waals surface area contributed by atoms with E-state index >= 15 is 0 Å². The zero-order chi connectivity index (χ0) is 4.12. The average molecular weight is 62.1 g/mol. The third kappa shape index (κ3) is 1.96. The van der Waals surface area contributed by atoms with E-state index < -0.39 is 0 Å². The van der Waals surface area contributed by atoms with Gasteiger partial charge < -0.3 is 5.11 Å². The SMILES string of the molecule is [3H]OCCC. The van der Waals surface area contributed by atoms with Crippen LogP contribution in [0.25, 0.3) is 0 Å². The predicted octanol–water partition coefficient (Wildman–Crippen LogP) is 0.389. The summed E-state index contributed by atoms with van der Waals surface area (Å²) in [6, 6.07) is 0. The van der Waals surface area contributed by atoms with Gasteiger partial charge in [-0.3, -0.25) is 0 Å². The van der Waals surface area contributed by atoms with Crippen LogP contribution in [-0.2, 0) is 0 Å². The van der Waals surface area contributed by atoms with Crippen LogP contribution >= 0.6 is 0 Å². The third-order valence-electron chi connectivity index (χ3n) is 0.204. The smallest absolute Gasteiger partial charge is 0.210 e. The fourth-order valence-corrected chi connectivity index (χ4v) is 0.